The molecule has 0 aliphatic heterocycles. The molecule has 1 aliphatic carbocycles. The minimum absolute atomic E-state index is 0.0264. The van der Waals surface area contributed by atoms with E-state index in [1.165, 1.54) is 6.92 Å². The van der Waals surface area contributed by atoms with E-state index in [4.69, 9.17) is 5.73 Å². The minimum Gasteiger partial charge on any atom is -0.391 e. The predicted octanol–water partition coefficient (Wildman–Crippen LogP) is 0.458. The number of hydrogen-bond donors (Lipinski definition) is 3. The van der Waals surface area contributed by atoms with Crippen LogP contribution in [-0.4, -0.2) is 32.6 Å². The number of nitrogens with two attached hydrogens (primary N) is 1. The van der Waals surface area contributed by atoms with E-state index in [1.54, 1.807) is 0 Å². The van der Waals surface area contributed by atoms with E-state index in [9.17, 15) is 15.2 Å². The summed E-state index contributed by atoms with van der Waals surface area (Å²) in [4.78, 5) is 17.9. The van der Waals surface area contributed by atoms with Gasteiger partial charge in [-0.3, -0.25) is 10.1 Å². The summed E-state index contributed by atoms with van der Waals surface area (Å²) in [5.74, 6) is 0.322. The Labute approximate surface area is 103 Å². The number of aryl methyl sites for hydroxylation is 1. The van der Waals surface area contributed by atoms with Crippen LogP contribution in [0.4, 0.5) is 17.5 Å². The van der Waals surface area contributed by atoms with Crippen molar-refractivity contribution in [3.8, 4) is 0 Å². The van der Waals surface area contributed by atoms with E-state index in [-0.39, 0.29) is 35.6 Å². The van der Waals surface area contributed by atoms with Crippen molar-refractivity contribution in [3.05, 3.63) is 15.8 Å². The van der Waals surface area contributed by atoms with Gasteiger partial charge in [0.15, 0.2) is 0 Å². The Morgan fingerprint density at radius 2 is 2.28 bits per heavy atom. The van der Waals surface area contributed by atoms with Gasteiger partial charge in [-0.05, 0) is 25.7 Å². The molecule has 0 spiro atoms. The molecule has 98 valence electrons. The highest BCUT2D eigenvalue weighted by atomic mass is 16.6. The number of nitrogen functional groups attached to an aromatic ring is 1. The van der Waals surface area contributed by atoms with Crippen LogP contribution in [0, 0.1) is 23.0 Å². The second-order valence-corrected chi connectivity index (χ2v) is 4.41. The van der Waals surface area contributed by atoms with Crippen molar-refractivity contribution in [1.82, 2.24) is 9.97 Å². The molecule has 0 amide bonds. The van der Waals surface area contributed by atoms with Crippen molar-refractivity contribution in [2.45, 2.75) is 25.9 Å². The average Bonchev–Trinajstić information content (AvgIpc) is 3.07. The lowest BCUT2D eigenvalue weighted by Gasteiger charge is -2.12. The number of aliphatic hydroxyl groups excluding tert-OH is 1. The Kier molecular flexibility index (Phi) is 3.28. The first-order chi connectivity index (χ1) is 8.49. The van der Waals surface area contributed by atoms with Crippen molar-refractivity contribution < 1.29 is 10.0 Å². The van der Waals surface area contributed by atoms with Crippen LogP contribution in [0.1, 0.15) is 18.5 Å². The third-order valence-electron chi connectivity index (χ3n) is 2.90. The molecule has 8 nitrogen and oxygen atoms in total. The molecule has 1 fully saturated rings. The van der Waals surface area contributed by atoms with Gasteiger partial charge in [0.05, 0.1) is 11.0 Å². The number of hydrogen-bond acceptors (Lipinski definition) is 7. The summed E-state index contributed by atoms with van der Waals surface area (Å²) in [6, 6.07) is 0. The van der Waals surface area contributed by atoms with Gasteiger partial charge in [-0.15, -0.1) is 0 Å². The van der Waals surface area contributed by atoms with Crippen LogP contribution in [0.3, 0.4) is 0 Å². The number of aromatic nitrogens is 2. The highest BCUT2D eigenvalue weighted by Gasteiger charge is 2.30. The van der Waals surface area contributed by atoms with E-state index in [0.29, 0.717) is 0 Å². The fraction of sp³-hybridized carbons (Fsp3) is 0.600. The van der Waals surface area contributed by atoms with Gasteiger partial charge in [0.25, 0.3) is 0 Å². The predicted molar refractivity (Wildman–Crippen MR) is 65.1 cm³/mol. The Balaban J connectivity index is 2.16. The molecule has 2 rings (SSSR count). The van der Waals surface area contributed by atoms with Crippen molar-refractivity contribution in [1.29, 1.82) is 0 Å². The quantitative estimate of drug-likeness (QED) is 0.513. The molecule has 0 radical (unpaired) electrons. The highest BCUT2D eigenvalue weighted by molar-refractivity contribution is 5.60. The Morgan fingerprint density at radius 3 is 2.83 bits per heavy atom. The molecule has 1 saturated carbocycles. The SMILES string of the molecule is Cc1nc(N)nc(NCC(O)C2CC2)c1[N+](=O)[O-]. The lowest BCUT2D eigenvalue weighted by atomic mass is 10.2. The van der Waals surface area contributed by atoms with E-state index in [0.717, 1.165) is 12.8 Å². The summed E-state index contributed by atoms with van der Waals surface area (Å²) in [6.07, 6.45) is 1.48. The molecule has 1 aromatic heterocycles. The Morgan fingerprint density at radius 1 is 1.61 bits per heavy atom. The number of nitrogens with zero attached hydrogens (tertiary/aromatic N) is 3. The largest absolute Gasteiger partial charge is 0.391 e. The summed E-state index contributed by atoms with van der Waals surface area (Å²) in [5.41, 5.74) is 5.46. The van der Waals surface area contributed by atoms with Gasteiger partial charge in [-0.25, -0.2) is 4.98 Å². The smallest absolute Gasteiger partial charge is 0.332 e. The summed E-state index contributed by atoms with van der Waals surface area (Å²) < 4.78 is 0. The van der Waals surface area contributed by atoms with Gasteiger partial charge in [0.1, 0.15) is 5.69 Å². The maximum atomic E-state index is 10.9. The van der Waals surface area contributed by atoms with Crippen LogP contribution in [-0.2, 0) is 0 Å². The number of nitrogens with one attached hydrogen (secondary N) is 1. The van der Waals surface area contributed by atoms with Gasteiger partial charge in [-0.1, -0.05) is 0 Å². The maximum absolute atomic E-state index is 10.9. The fourth-order valence-corrected chi connectivity index (χ4v) is 1.78. The lowest BCUT2D eigenvalue weighted by Crippen LogP contribution is -2.22. The van der Waals surface area contributed by atoms with Gasteiger partial charge in [0, 0.05) is 6.54 Å². The molecule has 4 N–H and O–H groups in total. The zero-order valence-corrected chi connectivity index (χ0v) is 9.96. The minimum atomic E-state index is -0.555. The average molecular weight is 253 g/mol. The zero-order valence-electron chi connectivity index (χ0n) is 9.96. The number of aliphatic hydroxyl groups is 1. The van der Waals surface area contributed by atoms with Gasteiger partial charge in [-0.2, -0.15) is 4.98 Å². The van der Waals surface area contributed by atoms with Gasteiger partial charge >= 0.3 is 5.69 Å². The molecule has 0 aromatic carbocycles. The van der Waals surface area contributed by atoms with Crippen molar-refractivity contribution in [3.63, 3.8) is 0 Å². The topological polar surface area (TPSA) is 127 Å². The molecule has 1 aliphatic rings. The standard InChI is InChI=1S/C10H15N5O3/c1-5-8(15(17)18)9(14-10(11)13-5)12-4-7(16)6-2-3-6/h6-7,16H,2-4H2,1H3,(H3,11,12,13,14). The fourth-order valence-electron chi connectivity index (χ4n) is 1.78. The third-order valence-corrected chi connectivity index (χ3v) is 2.90. The molecule has 0 saturated heterocycles. The molecule has 0 bridgehead atoms. The van der Waals surface area contributed by atoms with E-state index < -0.39 is 11.0 Å². The molecular weight excluding hydrogens is 238 g/mol. The maximum Gasteiger partial charge on any atom is 0.332 e. The first kappa shape index (κ1) is 12.5. The summed E-state index contributed by atoms with van der Waals surface area (Å²) >= 11 is 0. The summed E-state index contributed by atoms with van der Waals surface area (Å²) in [7, 11) is 0. The van der Waals surface area contributed by atoms with Crippen LogP contribution in [0.5, 0.6) is 0 Å². The Bertz CT molecular complexity index is 475. The summed E-state index contributed by atoms with van der Waals surface area (Å²) in [6.45, 7) is 1.72. The van der Waals surface area contributed by atoms with Gasteiger partial charge in [0.2, 0.25) is 11.8 Å². The second-order valence-electron chi connectivity index (χ2n) is 4.41. The van der Waals surface area contributed by atoms with Crippen LogP contribution < -0.4 is 11.1 Å². The molecule has 1 unspecified atom stereocenters. The number of rotatable bonds is 5. The number of nitro groups is 1. The van der Waals surface area contributed by atoms with Crippen molar-refractivity contribution in [2.24, 2.45) is 5.92 Å². The van der Waals surface area contributed by atoms with Crippen LogP contribution in [0.15, 0.2) is 0 Å². The van der Waals surface area contributed by atoms with E-state index in [1.807, 2.05) is 0 Å². The zero-order chi connectivity index (χ0) is 13.3. The first-order valence-electron chi connectivity index (χ1n) is 5.69. The highest BCUT2D eigenvalue weighted by Crippen LogP contribution is 2.33. The molecule has 1 aromatic rings. The molecule has 1 heterocycles. The van der Waals surface area contributed by atoms with Crippen LogP contribution in [0.2, 0.25) is 0 Å². The van der Waals surface area contributed by atoms with E-state index in [2.05, 4.69) is 15.3 Å². The monoisotopic (exact) mass is 253 g/mol. The molecule has 1 atom stereocenters. The normalized spacial score (nSPS) is 16.3. The van der Waals surface area contributed by atoms with Crippen molar-refractivity contribution >= 4 is 17.5 Å². The Hall–Kier alpha value is -1.96. The van der Waals surface area contributed by atoms with Crippen molar-refractivity contribution in [2.75, 3.05) is 17.6 Å². The summed E-state index contributed by atoms with van der Waals surface area (Å²) in [5, 5.41) is 23.4. The number of anilines is 2. The molecule has 18 heavy (non-hydrogen) atoms. The van der Waals surface area contributed by atoms with Crippen LogP contribution >= 0.6 is 0 Å². The first-order valence-corrected chi connectivity index (χ1v) is 5.69. The molecule has 8 heteroatoms. The third kappa shape index (κ3) is 2.65. The van der Waals surface area contributed by atoms with E-state index >= 15 is 0 Å². The lowest BCUT2D eigenvalue weighted by molar-refractivity contribution is -0.385. The van der Waals surface area contributed by atoms with Crippen LogP contribution in [0.25, 0.3) is 0 Å². The second kappa shape index (κ2) is 4.73. The van der Waals surface area contributed by atoms with Gasteiger partial charge < -0.3 is 16.2 Å². The molecular formula is C10H15N5O3.